The first-order chi connectivity index (χ1) is 13.3. The van der Waals surface area contributed by atoms with Crippen LogP contribution >= 0.6 is 0 Å². The van der Waals surface area contributed by atoms with Crippen LogP contribution in [0, 0.1) is 0 Å². The predicted molar refractivity (Wildman–Crippen MR) is 103 cm³/mol. The summed E-state index contributed by atoms with van der Waals surface area (Å²) in [5, 5.41) is 3.06. The van der Waals surface area contributed by atoms with Gasteiger partial charge in [-0.05, 0) is 31.4 Å². The molecule has 1 aromatic heterocycles. The van der Waals surface area contributed by atoms with Gasteiger partial charge in [-0.25, -0.2) is 9.97 Å². The summed E-state index contributed by atoms with van der Waals surface area (Å²) in [6.07, 6.45) is 4.64. The van der Waals surface area contributed by atoms with E-state index in [1.54, 1.807) is 0 Å². The molecule has 4 rings (SSSR count). The van der Waals surface area contributed by atoms with Crippen LogP contribution in [0.4, 0.5) is 0 Å². The van der Waals surface area contributed by atoms with E-state index in [2.05, 4.69) is 10.3 Å². The normalized spacial score (nSPS) is 15.6. The average Bonchev–Trinajstić information content (AvgIpc) is 2.73. The summed E-state index contributed by atoms with van der Waals surface area (Å²) in [5.41, 5.74) is 3.03. The number of hydrogen-bond donors (Lipinski definition) is 1. The van der Waals surface area contributed by atoms with Crippen LogP contribution in [0.25, 0.3) is 11.4 Å². The molecule has 3 aromatic rings. The maximum absolute atomic E-state index is 12.3. The van der Waals surface area contributed by atoms with Crippen molar-refractivity contribution in [1.82, 2.24) is 15.3 Å². The predicted octanol–water partition coefficient (Wildman–Crippen LogP) is 3.72. The molecule has 1 atom stereocenters. The van der Waals surface area contributed by atoms with Gasteiger partial charge in [0.05, 0.1) is 6.04 Å². The molecule has 5 heteroatoms. The minimum Gasteiger partial charge on any atom is -0.484 e. The molecule has 27 heavy (non-hydrogen) atoms. The number of rotatable bonds is 5. The molecule has 0 saturated heterocycles. The molecule has 5 nitrogen and oxygen atoms in total. The quantitative estimate of drug-likeness (QED) is 0.754. The highest BCUT2D eigenvalue weighted by Gasteiger charge is 2.24. The molecule has 1 heterocycles. The molecule has 1 aliphatic carbocycles. The van der Waals surface area contributed by atoms with Crippen molar-refractivity contribution in [3.63, 3.8) is 0 Å². The lowest BCUT2D eigenvalue weighted by atomic mass is 9.92. The van der Waals surface area contributed by atoms with Gasteiger partial charge in [0.1, 0.15) is 5.75 Å². The maximum Gasteiger partial charge on any atom is 0.258 e. The van der Waals surface area contributed by atoms with E-state index >= 15 is 0 Å². The Balaban J connectivity index is 1.44. The van der Waals surface area contributed by atoms with Crippen LogP contribution < -0.4 is 10.1 Å². The Morgan fingerprint density at radius 2 is 1.81 bits per heavy atom. The second-order valence-electron chi connectivity index (χ2n) is 6.58. The molecule has 1 aliphatic rings. The van der Waals surface area contributed by atoms with Crippen LogP contribution in [0.5, 0.6) is 5.75 Å². The molecule has 0 radical (unpaired) electrons. The van der Waals surface area contributed by atoms with E-state index in [1.807, 2.05) is 66.9 Å². The van der Waals surface area contributed by atoms with Crippen LogP contribution in [-0.2, 0) is 11.2 Å². The van der Waals surface area contributed by atoms with Gasteiger partial charge in [-0.2, -0.15) is 0 Å². The zero-order valence-electron chi connectivity index (χ0n) is 15.0. The third-order valence-corrected chi connectivity index (χ3v) is 4.66. The molecular formula is C22H21N3O2. The molecule has 1 N–H and O–H groups in total. The Morgan fingerprint density at radius 3 is 2.59 bits per heavy atom. The zero-order chi connectivity index (χ0) is 18.5. The molecular weight excluding hydrogens is 338 g/mol. The lowest BCUT2D eigenvalue weighted by Crippen LogP contribution is -2.34. The average molecular weight is 359 g/mol. The molecule has 2 aromatic carbocycles. The van der Waals surface area contributed by atoms with Crippen molar-refractivity contribution in [2.45, 2.75) is 25.3 Å². The standard InChI is InChI=1S/C22H21N3O2/c26-21(15-27-17-10-5-2-6-11-17)24-19-12-7-13-20-18(19)14-23-22(25-20)16-8-3-1-4-9-16/h1-6,8-11,14,19H,7,12-13,15H2,(H,24,26). The Hall–Kier alpha value is -3.21. The van der Waals surface area contributed by atoms with Crippen molar-refractivity contribution < 1.29 is 9.53 Å². The largest absolute Gasteiger partial charge is 0.484 e. The molecule has 0 bridgehead atoms. The number of aromatic nitrogens is 2. The van der Waals surface area contributed by atoms with Gasteiger partial charge >= 0.3 is 0 Å². The van der Waals surface area contributed by atoms with E-state index in [9.17, 15) is 4.79 Å². The Kier molecular flexibility index (Phi) is 5.10. The van der Waals surface area contributed by atoms with Crippen LogP contribution in [0.3, 0.4) is 0 Å². The minimum absolute atomic E-state index is 0.00119. The fourth-order valence-corrected chi connectivity index (χ4v) is 3.32. The first kappa shape index (κ1) is 17.2. The Labute approximate surface area is 158 Å². The highest BCUT2D eigenvalue weighted by Crippen LogP contribution is 2.29. The number of hydrogen-bond acceptors (Lipinski definition) is 4. The van der Waals surface area contributed by atoms with Crippen LogP contribution in [-0.4, -0.2) is 22.5 Å². The molecule has 0 spiro atoms. The van der Waals surface area contributed by atoms with E-state index in [4.69, 9.17) is 9.72 Å². The summed E-state index contributed by atoms with van der Waals surface area (Å²) in [4.78, 5) is 21.6. The van der Waals surface area contributed by atoms with Crippen molar-refractivity contribution in [2.24, 2.45) is 0 Å². The molecule has 0 saturated carbocycles. The Bertz CT molecular complexity index is 913. The number of para-hydroxylation sites is 1. The summed E-state index contributed by atoms with van der Waals surface area (Å²) >= 11 is 0. The third-order valence-electron chi connectivity index (χ3n) is 4.66. The van der Waals surface area contributed by atoms with Gasteiger partial charge in [0, 0.05) is 23.0 Å². The van der Waals surface area contributed by atoms with Gasteiger partial charge in [-0.1, -0.05) is 48.5 Å². The van der Waals surface area contributed by atoms with Gasteiger partial charge < -0.3 is 10.1 Å². The third kappa shape index (κ3) is 4.14. The van der Waals surface area contributed by atoms with Gasteiger partial charge in [-0.15, -0.1) is 0 Å². The molecule has 1 unspecified atom stereocenters. The summed E-state index contributed by atoms with van der Waals surface area (Å²) in [6.45, 7) is -0.00119. The van der Waals surface area contributed by atoms with E-state index < -0.39 is 0 Å². The van der Waals surface area contributed by atoms with E-state index in [-0.39, 0.29) is 18.6 Å². The molecule has 0 aliphatic heterocycles. The highest BCUT2D eigenvalue weighted by atomic mass is 16.5. The van der Waals surface area contributed by atoms with Crippen molar-refractivity contribution in [3.8, 4) is 17.1 Å². The number of aryl methyl sites for hydroxylation is 1. The topological polar surface area (TPSA) is 64.1 Å². The summed E-state index contributed by atoms with van der Waals surface area (Å²) < 4.78 is 5.53. The number of carbonyl (C=O) groups is 1. The fraction of sp³-hybridized carbons (Fsp3) is 0.227. The van der Waals surface area contributed by atoms with E-state index in [0.29, 0.717) is 5.75 Å². The second kappa shape index (κ2) is 7.99. The molecule has 1 amide bonds. The smallest absolute Gasteiger partial charge is 0.258 e. The number of amides is 1. The van der Waals surface area contributed by atoms with Gasteiger partial charge in [-0.3, -0.25) is 4.79 Å². The van der Waals surface area contributed by atoms with Crippen LogP contribution in [0.2, 0.25) is 0 Å². The first-order valence-electron chi connectivity index (χ1n) is 9.18. The molecule has 0 fully saturated rings. The summed E-state index contributed by atoms with van der Waals surface area (Å²) in [7, 11) is 0. The highest BCUT2D eigenvalue weighted by molar-refractivity contribution is 5.78. The number of fused-ring (bicyclic) bond motifs is 1. The number of nitrogens with one attached hydrogen (secondary N) is 1. The molecule has 136 valence electrons. The summed E-state index contributed by atoms with van der Waals surface area (Å²) in [6, 6.07) is 19.2. The van der Waals surface area contributed by atoms with E-state index in [0.717, 1.165) is 41.9 Å². The van der Waals surface area contributed by atoms with Gasteiger partial charge in [0.15, 0.2) is 12.4 Å². The fourth-order valence-electron chi connectivity index (χ4n) is 3.32. The number of benzene rings is 2. The SMILES string of the molecule is O=C(COc1ccccc1)NC1CCCc2nc(-c3ccccc3)ncc21. The van der Waals surface area contributed by atoms with Crippen molar-refractivity contribution in [3.05, 3.63) is 78.1 Å². The number of nitrogens with zero attached hydrogens (tertiary/aromatic N) is 2. The first-order valence-corrected chi connectivity index (χ1v) is 9.18. The van der Waals surface area contributed by atoms with Crippen molar-refractivity contribution in [2.75, 3.05) is 6.61 Å². The number of ether oxygens (including phenoxy) is 1. The maximum atomic E-state index is 12.3. The lowest BCUT2D eigenvalue weighted by Gasteiger charge is -2.25. The number of carbonyl (C=O) groups excluding carboxylic acids is 1. The van der Waals surface area contributed by atoms with Crippen LogP contribution in [0.15, 0.2) is 66.9 Å². The zero-order valence-corrected chi connectivity index (χ0v) is 15.0. The van der Waals surface area contributed by atoms with Crippen LogP contribution in [0.1, 0.15) is 30.1 Å². The van der Waals surface area contributed by atoms with Gasteiger partial charge in [0.25, 0.3) is 5.91 Å². The van der Waals surface area contributed by atoms with E-state index in [1.165, 1.54) is 0 Å². The Morgan fingerprint density at radius 1 is 1.07 bits per heavy atom. The lowest BCUT2D eigenvalue weighted by molar-refractivity contribution is -0.124. The minimum atomic E-state index is -0.135. The van der Waals surface area contributed by atoms with Crippen molar-refractivity contribution >= 4 is 5.91 Å². The second-order valence-corrected chi connectivity index (χ2v) is 6.58. The van der Waals surface area contributed by atoms with Gasteiger partial charge in [0.2, 0.25) is 0 Å². The monoisotopic (exact) mass is 359 g/mol. The van der Waals surface area contributed by atoms with Crippen molar-refractivity contribution in [1.29, 1.82) is 0 Å². The summed E-state index contributed by atoms with van der Waals surface area (Å²) in [5.74, 6) is 1.28.